The average Bonchev–Trinajstić information content (AvgIpc) is 1.84. The van der Waals surface area contributed by atoms with Gasteiger partial charge in [0.1, 0.15) is 6.54 Å². The highest BCUT2D eigenvalue weighted by Crippen LogP contribution is 2.02. The van der Waals surface area contributed by atoms with Crippen molar-refractivity contribution < 1.29 is 14.7 Å². The van der Waals surface area contributed by atoms with Crippen LogP contribution in [0.25, 0.3) is 0 Å². The van der Waals surface area contributed by atoms with Crippen molar-refractivity contribution in [2.24, 2.45) is 9.98 Å². The molecule has 0 amide bonds. The van der Waals surface area contributed by atoms with Crippen LogP contribution in [0.1, 0.15) is 6.92 Å². The van der Waals surface area contributed by atoms with Crippen molar-refractivity contribution in [3.63, 3.8) is 0 Å². The number of aliphatic hydroxyl groups is 1. The maximum atomic E-state index is 9.59. The van der Waals surface area contributed by atoms with Crippen molar-refractivity contribution in [1.82, 2.24) is 0 Å². The van der Waals surface area contributed by atoms with E-state index >= 15 is 0 Å². The van der Waals surface area contributed by atoms with Gasteiger partial charge in [-0.1, -0.05) is 0 Å². The second-order valence-corrected chi connectivity index (χ2v) is 1.83. The van der Waals surface area contributed by atoms with Crippen LogP contribution in [-0.4, -0.2) is 29.5 Å². The lowest BCUT2D eigenvalue weighted by Crippen LogP contribution is -2.24. The van der Waals surface area contributed by atoms with Gasteiger partial charge in [0, 0.05) is 0 Å². The van der Waals surface area contributed by atoms with E-state index in [4.69, 9.17) is 5.11 Å². The maximum Gasteiger partial charge on any atom is 0.238 e. The van der Waals surface area contributed by atoms with Gasteiger partial charge in [-0.2, -0.15) is 4.99 Å². The highest BCUT2D eigenvalue weighted by Gasteiger charge is 2.17. The first-order valence-corrected chi connectivity index (χ1v) is 2.47. The SMILES string of the molecule is CC(O)(CN=C=O)N=C=O. The van der Waals surface area contributed by atoms with E-state index in [2.05, 4.69) is 9.98 Å². The van der Waals surface area contributed by atoms with Gasteiger partial charge in [0.05, 0.1) is 0 Å². The minimum atomic E-state index is -1.63. The first-order valence-electron chi connectivity index (χ1n) is 2.47. The van der Waals surface area contributed by atoms with Gasteiger partial charge in [-0.25, -0.2) is 14.6 Å². The smallest absolute Gasteiger partial charge is 0.238 e. The molecule has 0 aromatic carbocycles. The fourth-order valence-corrected chi connectivity index (χ4v) is 0.316. The van der Waals surface area contributed by atoms with Crippen LogP contribution < -0.4 is 0 Å². The van der Waals surface area contributed by atoms with Gasteiger partial charge < -0.3 is 5.11 Å². The number of aliphatic imine (C=N–C) groups is 2. The first kappa shape index (κ1) is 8.72. The lowest BCUT2D eigenvalue weighted by Gasteiger charge is -2.09. The van der Waals surface area contributed by atoms with Crippen LogP contribution in [0, 0.1) is 0 Å². The molecule has 0 aliphatic rings. The van der Waals surface area contributed by atoms with E-state index in [-0.39, 0.29) is 6.54 Å². The normalized spacial score (nSPS) is 14.2. The van der Waals surface area contributed by atoms with Crippen molar-refractivity contribution in [3.8, 4) is 0 Å². The third-order valence-corrected chi connectivity index (χ3v) is 0.730. The Morgan fingerprint density at radius 2 is 2.10 bits per heavy atom. The summed E-state index contributed by atoms with van der Waals surface area (Å²) in [5, 5.41) is 8.94. The number of hydrogen-bond donors (Lipinski definition) is 1. The van der Waals surface area contributed by atoms with Gasteiger partial charge in [-0.3, -0.25) is 0 Å². The second-order valence-electron chi connectivity index (χ2n) is 1.83. The predicted octanol–water partition coefficient (Wildman–Crippen LogP) is -0.633. The van der Waals surface area contributed by atoms with Crippen LogP contribution in [0.3, 0.4) is 0 Å². The minimum Gasteiger partial charge on any atom is -0.367 e. The largest absolute Gasteiger partial charge is 0.367 e. The molecule has 5 heteroatoms. The quantitative estimate of drug-likeness (QED) is 0.420. The lowest BCUT2D eigenvalue weighted by molar-refractivity contribution is 0.0798. The molecule has 0 saturated carbocycles. The maximum absolute atomic E-state index is 9.59. The Labute approximate surface area is 57.1 Å². The molecule has 0 aliphatic carbocycles. The molecular weight excluding hydrogens is 136 g/mol. The van der Waals surface area contributed by atoms with Gasteiger partial charge in [0.15, 0.2) is 5.72 Å². The zero-order chi connectivity index (χ0) is 8.04. The van der Waals surface area contributed by atoms with Gasteiger partial charge in [-0.05, 0) is 6.92 Å². The third-order valence-electron chi connectivity index (χ3n) is 0.730. The van der Waals surface area contributed by atoms with Crippen LogP contribution in [0.2, 0.25) is 0 Å². The van der Waals surface area contributed by atoms with Crippen molar-refractivity contribution in [1.29, 1.82) is 0 Å². The van der Waals surface area contributed by atoms with E-state index in [1.165, 1.54) is 13.0 Å². The Morgan fingerprint density at radius 3 is 2.50 bits per heavy atom. The summed E-state index contributed by atoms with van der Waals surface area (Å²) in [6.45, 7) is 0.963. The number of nitrogens with zero attached hydrogens (tertiary/aromatic N) is 2. The highest BCUT2D eigenvalue weighted by molar-refractivity contribution is 5.35. The Hall–Kier alpha value is -1.28. The lowest BCUT2D eigenvalue weighted by atomic mass is 10.3. The van der Waals surface area contributed by atoms with E-state index in [1.54, 1.807) is 0 Å². The summed E-state index contributed by atoms with van der Waals surface area (Å²) in [7, 11) is 0. The van der Waals surface area contributed by atoms with Crippen LogP contribution in [-0.2, 0) is 9.59 Å². The monoisotopic (exact) mass is 142 g/mol. The molecule has 0 saturated heterocycles. The van der Waals surface area contributed by atoms with Crippen LogP contribution in [0.15, 0.2) is 9.98 Å². The Balaban J connectivity index is 4.11. The second kappa shape index (κ2) is 3.69. The third kappa shape index (κ3) is 3.69. The molecular formula is C5H6N2O3. The molecule has 10 heavy (non-hydrogen) atoms. The predicted molar refractivity (Wildman–Crippen MR) is 31.7 cm³/mol. The highest BCUT2D eigenvalue weighted by atomic mass is 16.3. The molecule has 0 heterocycles. The standard InChI is InChI=1S/C5H6N2O3/c1-5(10,7-4-9)2-6-3-8/h10H,2H2,1H3. The summed E-state index contributed by atoms with van der Waals surface area (Å²) in [5.74, 6) is 0. The zero-order valence-electron chi connectivity index (χ0n) is 5.37. The Morgan fingerprint density at radius 1 is 1.50 bits per heavy atom. The molecule has 0 aliphatic heterocycles. The van der Waals surface area contributed by atoms with Crippen LogP contribution in [0.5, 0.6) is 0 Å². The number of hydrogen-bond acceptors (Lipinski definition) is 5. The van der Waals surface area contributed by atoms with Crippen molar-refractivity contribution in [2.45, 2.75) is 12.6 Å². The first-order chi connectivity index (χ1) is 4.62. The number of isocyanates is 2. The van der Waals surface area contributed by atoms with E-state index in [9.17, 15) is 9.59 Å². The fraction of sp³-hybridized carbons (Fsp3) is 0.600. The molecule has 0 radical (unpaired) electrons. The summed E-state index contributed by atoms with van der Waals surface area (Å²) in [6.07, 6.45) is 2.36. The molecule has 1 unspecified atom stereocenters. The average molecular weight is 142 g/mol. The topological polar surface area (TPSA) is 79.1 Å². The van der Waals surface area contributed by atoms with Gasteiger partial charge in [0.2, 0.25) is 12.2 Å². The fourth-order valence-electron chi connectivity index (χ4n) is 0.316. The van der Waals surface area contributed by atoms with Gasteiger partial charge in [-0.15, -0.1) is 0 Å². The van der Waals surface area contributed by atoms with Crippen molar-refractivity contribution in [2.75, 3.05) is 6.54 Å². The Kier molecular flexibility index (Phi) is 3.22. The molecule has 1 atom stereocenters. The Bertz CT molecular complexity index is 199. The van der Waals surface area contributed by atoms with E-state index in [0.29, 0.717) is 0 Å². The van der Waals surface area contributed by atoms with E-state index < -0.39 is 5.72 Å². The summed E-state index contributed by atoms with van der Waals surface area (Å²) in [6, 6.07) is 0. The molecule has 0 bridgehead atoms. The van der Waals surface area contributed by atoms with Gasteiger partial charge >= 0.3 is 0 Å². The molecule has 0 spiro atoms. The summed E-state index contributed by atoms with van der Waals surface area (Å²) in [5.41, 5.74) is -1.63. The molecule has 54 valence electrons. The summed E-state index contributed by atoms with van der Waals surface area (Å²) < 4.78 is 0. The minimum absolute atomic E-state index is 0.272. The van der Waals surface area contributed by atoms with E-state index in [1.807, 2.05) is 0 Å². The van der Waals surface area contributed by atoms with Crippen LogP contribution in [0.4, 0.5) is 0 Å². The molecule has 0 rings (SSSR count). The molecule has 0 fully saturated rings. The van der Waals surface area contributed by atoms with Crippen molar-refractivity contribution in [3.05, 3.63) is 0 Å². The number of rotatable bonds is 3. The van der Waals surface area contributed by atoms with E-state index in [0.717, 1.165) is 6.08 Å². The molecule has 0 aromatic heterocycles. The molecule has 0 aromatic rings. The summed E-state index contributed by atoms with van der Waals surface area (Å²) in [4.78, 5) is 25.1. The van der Waals surface area contributed by atoms with Crippen molar-refractivity contribution >= 4 is 12.2 Å². The van der Waals surface area contributed by atoms with Crippen LogP contribution >= 0.6 is 0 Å². The van der Waals surface area contributed by atoms with Gasteiger partial charge in [0.25, 0.3) is 0 Å². The molecule has 1 N–H and O–H groups in total. The summed E-state index contributed by atoms with van der Waals surface area (Å²) >= 11 is 0. The molecule has 5 nitrogen and oxygen atoms in total. The number of carbonyl (C=O) groups excluding carboxylic acids is 2. The zero-order valence-corrected chi connectivity index (χ0v) is 5.37.